The lowest BCUT2D eigenvalue weighted by molar-refractivity contribution is 0.154. The molecular weight excluding hydrogens is 184 g/mol. The molecule has 0 aromatic carbocycles. The van der Waals surface area contributed by atoms with Gasteiger partial charge in [0.2, 0.25) is 0 Å². The molecule has 0 saturated carbocycles. The number of aromatic nitrogens is 1. The highest BCUT2D eigenvalue weighted by molar-refractivity contribution is 7.09. The van der Waals surface area contributed by atoms with Crippen LogP contribution >= 0.6 is 11.3 Å². The third-order valence-electron chi connectivity index (χ3n) is 2.63. The highest BCUT2D eigenvalue weighted by Gasteiger charge is 2.34. The Balaban J connectivity index is 2.06. The third kappa shape index (κ3) is 1.90. The van der Waals surface area contributed by atoms with E-state index in [4.69, 9.17) is 10.5 Å². The van der Waals surface area contributed by atoms with Gasteiger partial charge in [0.05, 0.1) is 11.6 Å². The van der Waals surface area contributed by atoms with Gasteiger partial charge in [0.15, 0.2) is 0 Å². The Hall–Kier alpha value is -0.450. The van der Waals surface area contributed by atoms with Gasteiger partial charge in [0.25, 0.3) is 0 Å². The van der Waals surface area contributed by atoms with Crippen molar-refractivity contribution in [1.29, 1.82) is 0 Å². The predicted molar refractivity (Wildman–Crippen MR) is 52.7 cm³/mol. The summed E-state index contributed by atoms with van der Waals surface area (Å²) >= 11 is 1.70. The number of hydrogen-bond acceptors (Lipinski definition) is 4. The van der Waals surface area contributed by atoms with Gasteiger partial charge in [-0.25, -0.2) is 4.98 Å². The second-order valence-corrected chi connectivity index (χ2v) is 4.59. The van der Waals surface area contributed by atoms with Crippen LogP contribution in [0.2, 0.25) is 0 Å². The fraction of sp³-hybridized carbons (Fsp3) is 0.667. The molecule has 2 N–H and O–H groups in total. The van der Waals surface area contributed by atoms with Gasteiger partial charge in [0, 0.05) is 36.6 Å². The fourth-order valence-corrected chi connectivity index (χ4v) is 2.47. The third-order valence-corrected chi connectivity index (χ3v) is 3.41. The van der Waals surface area contributed by atoms with E-state index >= 15 is 0 Å². The Labute approximate surface area is 81.9 Å². The lowest BCUT2D eigenvalue weighted by Gasteiger charge is -2.23. The monoisotopic (exact) mass is 198 g/mol. The van der Waals surface area contributed by atoms with E-state index < -0.39 is 0 Å². The van der Waals surface area contributed by atoms with Crippen LogP contribution in [0.1, 0.15) is 11.4 Å². The SMILES string of the molecule is NCC1(Cc2nccs2)CCOC1. The standard InChI is InChI=1S/C9H14N2OS/c10-6-9(1-3-12-7-9)5-8-11-2-4-13-8/h2,4H,1,3,5-7,10H2. The van der Waals surface area contributed by atoms with Crippen molar-refractivity contribution < 1.29 is 4.74 Å². The van der Waals surface area contributed by atoms with Gasteiger partial charge in [-0.1, -0.05) is 0 Å². The molecule has 1 atom stereocenters. The van der Waals surface area contributed by atoms with Crippen LogP contribution in [-0.2, 0) is 11.2 Å². The van der Waals surface area contributed by atoms with Crippen LogP contribution < -0.4 is 5.73 Å². The highest BCUT2D eigenvalue weighted by atomic mass is 32.1. The molecule has 3 nitrogen and oxygen atoms in total. The minimum absolute atomic E-state index is 0.165. The maximum absolute atomic E-state index is 5.78. The lowest BCUT2D eigenvalue weighted by Crippen LogP contribution is -2.33. The first-order valence-corrected chi connectivity index (χ1v) is 5.39. The summed E-state index contributed by atoms with van der Waals surface area (Å²) < 4.78 is 5.40. The molecule has 0 amide bonds. The molecule has 2 heterocycles. The molecule has 0 spiro atoms. The zero-order valence-corrected chi connectivity index (χ0v) is 8.35. The predicted octanol–water partition coefficient (Wildman–Crippen LogP) is 1.05. The number of rotatable bonds is 3. The van der Waals surface area contributed by atoms with Gasteiger partial charge in [-0.05, 0) is 6.42 Å². The number of nitrogens with two attached hydrogens (primary N) is 1. The minimum atomic E-state index is 0.165. The van der Waals surface area contributed by atoms with Crippen molar-refractivity contribution in [1.82, 2.24) is 4.98 Å². The minimum Gasteiger partial charge on any atom is -0.381 e. The van der Waals surface area contributed by atoms with E-state index in [-0.39, 0.29) is 5.41 Å². The first-order valence-electron chi connectivity index (χ1n) is 4.51. The molecule has 1 fully saturated rings. The molecule has 13 heavy (non-hydrogen) atoms. The summed E-state index contributed by atoms with van der Waals surface area (Å²) in [5.74, 6) is 0. The van der Waals surface area contributed by atoms with Gasteiger partial charge < -0.3 is 10.5 Å². The van der Waals surface area contributed by atoms with Crippen LogP contribution in [0.3, 0.4) is 0 Å². The molecule has 1 aliphatic heterocycles. The Morgan fingerprint density at radius 1 is 1.69 bits per heavy atom. The first-order chi connectivity index (χ1) is 6.35. The summed E-state index contributed by atoms with van der Waals surface area (Å²) in [6.07, 6.45) is 3.89. The Morgan fingerprint density at radius 2 is 2.62 bits per heavy atom. The molecule has 2 rings (SSSR count). The van der Waals surface area contributed by atoms with E-state index in [0.717, 1.165) is 26.1 Å². The quantitative estimate of drug-likeness (QED) is 0.789. The van der Waals surface area contributed by atoms with Gasteiger partial charge in [-0.15, -0.1) is 11.3 Å². The highest BCUT2D eigenvalue weighted by Crippen LogP contribution is 2.31. The van der Waals surface area contributed by atoms with Gasteiger partial charge in [0.1, 0.15) is 0 Å². The van der Waals surface area contributed by atoms with Gasteiger partial charge in [-0.3, -0.25) is 0 Å². The van der Waals surface area contributed by atoms with Crippen LogP contribution in [0.15, 0.2) is 11.6 Å². The Morgan fingerprint density at radius 3 is 3.15 bits per heavy atom. The van der Waals surface area contributed by atoms with Crippen molar-refractivity contribution in [2.24, 2.45) is 11.1 Å². The summed E-state index contributed by atoms with van der Waals surface area (Å²) in [7, 11) is 0. The Kier molecular flexibility index (Phi) is 2.62. The molecule has 1 saturated heterocycles. The van der Waals surface area contributed by atoms with E-state index in [2.05, 4.69) is 4.98 Å². The smallest absolute Gasteiger partial charge is 0.0931 e. The van der Waals surface area contributed by atoms with Crippen molar-refractivity contribution >= 4 is 11.3 Å². The van der Waals surface area contributed by atoms with Crippen molar-refractivity contribution in [2.75, 3.05) is 19.8 Å². The normalized spacial score (nSPS) is 28.1. The molecule has 0 bridgehead atoms. The molecule has 0 radical (unpaired) electrons. The summed E-state index contributed by atoms with van der Waals surface area (Å²) in [4.78, 5) is 4.28. The molecule has 0 aliphatic carbocycles. The molecule has 4 heteroatoms. The lowest BCUT2D eigenvalue weighted by atomic mass is 9.84. The zero-order chi connectivity index (χ0) is 9.15. The molecule has 72 valence electrons. The second-order valence-electron chi connectivity index (χ2n) is 3.61. The first kappa shape index (κ1) is 9.12. The second kappa shape index (κ2) is 3.74. The number of thiazole rings is 1. The van der Waals surface area contributed by atoms with E-state index in [1.807, 2.05) is 11.6 Å². The van der Waals surface area contributed by atoms with Crippen LogP contribution in [0.4, 0.5) is 0 Å². The molecular formula is C9H14N2OS. The number of hydrogen-bond donors (Lipinski definition) is 1. The van der Waals surface area contributed by atoms with Crippen LogP contribution in [0.5, 0.6) is 0 Å². The van der Waals surface area contributed by atoms with E-state index in [1.165, 1.54) is 5.01 Å². The van der Waals surface area contributed by atoms with Gasteiger partial charge >= 0.3 is 0 Å². The van der Waals surface area contributed by atoms with E-state index in [9.17, 15) is 0 Å². The fourth-order valence-electron chi connectivity index (χ4n) is 1.68. The van der Waals surface area contributed by atoms with Crippen molar-refractivity contribution in [3.05, 3.63) is 16.6 Å². The Bertz CT molecular complexity index is 255. The zero-order valence-electron chi connectivity index (χ0n) is 7.53. The van der Waals surface area contributed by atoms with Crippen LogP contribution in [0.25, 0.3) is 0 Å². The summed E-state index contributed by atoms with van der Waals surface area (Å²) in [5.41, 5.74) is 5.95. The molecule has 1 aromatic heterocycles. The average Bonchev–Trinajstić information content (AvgIpc) is 2.77. The summed E-state index contributed by atoms with van der Waals surface area (Å²) in [6, 6.07) is 0. The van der Waals surface area contributed by atoms with Crippen LogP contribution in [-0.4, -0.2) is 24.7 Å². The summed E-state index contributed by atoms with van der Waals surface area (Å²) in [6.45, 7) is 2.35. The van der Waals surface area contributed by atoms with Crippen molar-refractivity contribution in [3.8, 4) is 0 Å². The maximum atomic E-state index is 5.78. The number of ether oxygens (including phenoxy) is 1. The molecule has 1 aliphatic rings. The van der Waals surface area contributed by atoms with Crippen molar-refractivity contribution in [2.45, 2.75) is 12.8 Å². The maximum Gasteiger partial charge on any atom is 0.0931 e. The topological polar surface area (TPSA) is 48.1 Å². The molecule has 1 unspecified atom stereocenters. The largest absolute Gasteiger partial charge is 0.381 e. The van der Waals surface area contributed by atoms with E-state index in [0.29, 0.717) is 6.54 Å². The summed E-state index contributed by atoms with van der Waals surface area (Å²) in [5, 5.41) is 3.19. The average molecular weight is 198 g/mol. The molecule has 1 aromatic rings. The van der Waals surface area contributed by atoms with Crippen LogP contribution in [0, 0.1) is 5.41 Å². The van der Waals surface area contributed by atoms with Crippen molar-refractivity contribution in [3.63, 3.8) is 0 Å². The number of nitrogens with zero attached hydrogens (tertiary/aromatic N) is 1. The van der Waals surface area contributed by atoms with Gasteiger partial charge in [-0.2, -0.15) is 0 Å². The van der Waals surface area contributed by atoms with E-state index in [1.54, 1.807) is 11.3 Å².